The highest BCUT2D eigenvalue weighted by Gasteiger charge is 2.10. The van der Waals surface area contributed by atoms with E-state index in [2.05, 4.69) is 5.32 Å². The molecule has 1 aromatic carbocycles. The van der Waals surface area contributed by atoms with Gasteiger partial charge in [-0.25, -0.2) is 0 Å². The van der Waals surface area contributed by atoms with Crippen molar-refractivity contribution in [1.82, 2.24) is 4.57 Å². The van der Waals surface area contributed by atoms with Crippen molar-refractivity contribution >= 4 is 29.3 Å². The molecule has 1 amide bonds. The number of aryl methyl sites for hydroxylation is 1. The maximum Gasteiger partial charge on any atom is 0.266 e. The molecular weight excluding hydrogens is 274 g/mol. The van der Waals surface area contributed by atoms with Crippen LogP contribution in [0.2, 0.25) is 5.02 Å². The van der Waals surface area contributed by atoms with Crippen LogP contribution in [0.25, 0.3) is 6.08 Å². The molecule has 0 atom stereocenters. The van der Waals surface area contributed by atoms with E-state index in [9.17, 15) is 4.79 Å². The van der Waals surface area contributed by atoms with Gasteiger partial charge in [-0.2, -0.15) is 5.26 Å². The van der Waals surface area contributed by atoms with Crippen LogP contribution in [0.15, 0.2) is 48.2 Å². The van der Waals surface area contributed by atoms with Crippen LogP contribution in [0.3, 0.4) is 0 Å². The Morgan fingerprint density at radius 1 is 1.35 bits per heavy atom. The second-order valence-corrected chi connectivity index (χ2v) is 4.61. The molecule has 0 spiro atoms. The number of nitriles is 1. The topological polar surface area (TPSA) is 57.8 Å². The molecule has 0 saturated carbocycles. The van der Waals surface area contributed by atoms with Gasteiger partial charge in [-0.15, -0.1) is 0 Å². The first kappa shape index (κ1) is 13.9. The number of aromatic nitrogens is 1. The highest BCUT2D eigenvalue weighted by molar-refractivity contribution is 6.30. The summed E-state index contributed by atoms with van der Waals surface area (Å²) in [6.45, 7) is 0. The lowest BCUT2D eigenvalue weighted by Gasteiger charge is -2.04. The lowest BCUT2D eigenvalue weighted by atomic mass is 10.2. The molecule has 1 aromatic heterocycles. The molecule has 0 fully saturated rings. The van der Waals surface area contributed by atoms with E-state index in [0.717, 1.165) is 5.69 Å². The summed E-state index contributed by atoms with van der Waals surface area (Å²) in [5.74, 6) is -0.448. The zero-order valence-corrected chi connectivity index (χ0v) is 11.6. The minimum Gasteiger partial charge on any atom is -0.351 e. The molecule has 100 valence electrons. The second kappa shape index (κ2) is 6.09. The van der Waals surface area contributed by atoms with E-state index in [1.165, 1.54) is 0 Å². The van der Waals surface area contributed by atoms with Crippen LogP contribution in [0.1, 0.15) is 5.69 Å². The Morgan fingerprint density at radius 2 is 2.05 bits per heavy atom. The first-order chi connectivity index (χ1) is 9.60. The molecule has 1 heterocycles. The monoisotopic (exact) mass is 285 g/mol. The Labute approximate surface area is 121 Å². The van der Waals surface area contributed by atoms with Gasteiger partial charge < -0.3 is 9.88 Å². The lowest BCUT2D eigenvalue weighted by molar-refractivity contribution is -0.112. The molecule has 0 aliphatic heterocycles. The number of carbonyl (C=O) groups is 1. The molecule has 2 rings (SSSR count). The number of amides is 1. The van der Waals surface area contributed by atoms with Crippen LogP contribution in [0.5, 0.6) is 0 Å². The Balaban J connectivity index is 2.18. The number of halogens is 1. The van der Waals surface area contributed by atoms with Crippen molar-refractivity contribution in [2.45, 2.75) is 0 Å². The fraction of sp³-hybridized carbons (Fsp3) is 0.0667. The largest absolute Gasteiger partial charge is 0.351 e. The summed E-state index contributed by atoms with van der Waals surface area (Å²) in [6.07, 6.45) is 3.39. The predicted molar refractivity (Wildman–Crippen MR) is 79.1 cm³/mol. The summed E-state index contributed by atoms with van der Waals surface area (Å²) in [5, 5.41) is 12.3. The number of nitrogens with one attached hydrogen (secondary N) is 1. The average molecular weight is 286 g/mol. The minimum atomic E-state index is -0.448. The van der Waals surface area contributed by atoms with Crippen LogP contribution in [-0.4, -0.2) is 10.5 Å². The summed E-state index contributed by atoms with van der Waals surface area (Å²) in [6, 6.07) is 12.3. The van der Waals surface area contributed by atoms with Gasteiger partial charge in [-0.1, -0.05) is 11.6 Å². The van der Waals surface area contributed by atoms with Crippen molar-refractivity contribution < 1.29 is 4.79 Å². The van der Waals surface area contributed by atoms with Gasteiger partial charge in [-0.3, -0.25) is 4.79 Å². The predicted octanol–water partition coefficient (Wildman–Crippen LogP) is 3.22. The van der Waals surface area contributed by atoms with E-state index < -0.39 is 5.91 Å². The molecule has 0 unspecified atom stereocenters. The lowest BCUT2D eigenvalue weighted by Crippen LogP contribution is -2.13. The van der Waals surface area contributed by atoms with E-state index in [-0.39, 0.29) is 5.57 Å². The van der Waals surface area contributed by atoms with Gasteiger partial charge in [0, 0.05) is 29.6 Å². The van der Waals surface area contributed by atoms with Gasteiger partial charge in [-0.05, 0) is 42.5 Å². The van der Waals surface area contributed by atoms with E-state index in [0.29, 0.717) is 10.7 Å². The number of nitrogens with zero attached hydrogens (tertiary/aromatic N) is 2. The summed E-state index contributed by atoms with van der Waals surface area (Å²) in [4.78, 5) is 12.0. The summed E-state index contributed by atoms with van der Waals surface area (Å²) in [5.41, 5.74) is 1.42. The zero-order chi connectivity index (χ0) is 14.5. The van der Waals surface area contributed by atoms with Crippen molar-refractivity contribution in [2.24, 2.45) is 7.05 Å². The second-order valence-electron chi connectivity index (χ2n) is 4.17. The van der Waals surface area contributed by atoms with Crippen LogP contribution in [0, 0.1) is 11.3 Å². The van der Waals surface area contributed by atoms with E-state index in [1.807, 2.05) is 36.0 Å². The molecule has 0 aliphatic carbocycles. The van der Waals surface area contributed by atoms with Crippen LogP contribution < -0.4 is 5.32 Å². The first-order valence-corrected chi connectivity index (χ1v) is 6.28. The van der Waals surface area contributed by atoms with Gasteiger partial charge in [0.05, 0.1) is 0 Å². The Kier molecular flexibility index (Phi) is 4.24. The molecule has 0 aliphatic rings. The number of hydrogen-bond donors (Lipinski definition) is 1. The van der Waals surface area contributed by atoms with Gasteiger partial charge in [0.25, 0.3) is 5.91 Å². The van der Waals surface area contributed by atoms with Crippen LogP contribution >= 0.6 is 11.6 Å². The summed E-state index contributed by atoms with van der Waals surface area (Å²) < 4.78 is 1.83. The number of carbonyl (C=O) groups excluding carboxylic acids is 1. The summed E-state index contributed by atoms with van der Waals surface area (Å²) in [7, 11) is 1.85. The zero-order valence-electron chi connectivity index (χ0n) is 10.8. The SMILES string of the molecule is Cn1cccc1/C=C(\C#N)C(=O)Nc1ccc(Cl)cc1. The van der Waals surface area contributed by atoms with Gasteiger partial charge >= 0.3 is 0 Å². The molecule has 4 nitrogen and oxygen atoms in total. The minimum absolute atomic E-state index is 0.0433. The number of rotatable bonds is 3. The van der Waals surface area contributed by atoms with Crippen molar-refractivity contribution in [3.63, 3.8) is 0 Å². The smallest absolute Gasteiger partial charge is 0.266 e. The molecule has 2 aromatic rings. The normalized spacial score (nSPS) is 10.9. The number of anilines is 1. The van der Waals surface area contributed by atoms with Crippen molar-refractivity contribution in [3.05, 3.63) is 58.9 Å². The third-order valence-electron chi connectivity index (χ3n) is 2.74. The highest BCUT2D eigenvalue weighted by atomic mass is 35.5. The van der Waals surface area contributed by atoms with Crippen molar-refractivity contribution in [3.8, 4) is 6.07 Å². The van der Waals surface area contributed by atoms with Gasteiger partial charge in [0.1, 0.15) is 11.6 Å². The molecule has 20 heavy (non-hydrogen) atoms. The summed E-state index contributed by atoms with van der Waals surface area (Å²) >= 11 is 5.77. The van der Waals surface area contributed by atoms with Crippen molar-refractivity contribution in [1.29, 1.82) is 5.26 Å². The van der Waals surface area contributed by atoms with Gasteiger partial charge in [0.2, 0.25) is 0 Å². The third-order valence-corrected chi connectivity index (χ3v) is 3.00. The maximum atomic E-state index is 12.0. The third kappa shape index (κ3) is 3.28. The molecule has 5 heteroatoms. The van der Waals surface area contributed by atoms with E-state index in [4.69, 9.17) is 16.9 Å². The molecule has 0 radical (unpaired) electrons. The first-order valence-electron chi connectivity index (χ1n) is 5.90. The number of benzene rings is 1. The average Bonchev–Trinajstić information content (AvgIpc) is 2.84. The molecule has 1 N–H and O–H groups in total. The molecule has 0 bridgehead atoms. The number of hydrogen-bond acceptors (Lipinski definition) is 2. The Morgan fingerprint density at radius 3 is 2.60 bits per heavy atom. The van der Waals surface area contributed by atoms with E-state index >= 15 is 0 Å². The fourth-order valence-corrected chi connectivity index (χ4v) is 1.78. The Hall–Kier alpha value is -2.51. The Bertz CT molecular complexity index is 693. The maximum absolute atomic E-state index is 12.0. The molecule has 0 saturated heterocycles. The standard InChI is InChI=1S/C15H12ClN3O/c1-19-8-2-3-14(19)9-11(10-17)15(20)18-13-6-4-12(16)5-7-13/h2-9H,1H3,(H,18,20)/b11-9+. The van der Waals surface area contributed by atoms with Crippen molar-refractivity contribution in [2.75, 3.05) is 5.32 Å². The highest BCUT2D eigenvalue weighted by Crippen LogP contribution is 2.15. The van der Waals surface area contributed by atoms with Gasteiger partial charge in [0.15, 0.2) is 0 Å². The van der Waals surface area contributed by atoms with Crippen LogP contribution in [0.4, 0.5) is 5.69 Å². The quantitative estimate of drug-likeness (QED) is 0.695. The van der Waals surface area contributed by atoms with E-state index in [1.54, 1.807) is 30.3 Å². The fourth-order valence-electron chi connectivity index (χ4n) is 1.65. The molecular formula is C15H12ClN3O. The van der Waals surface area contributed by atoms with Crippen LogP contribution in [-0.2, 0) is 11.8 Å².